The van der Waals surface area contributed by atoms with Crippen molar-refractivity contribution in [3.63, 3.8) is 0 Å². The normalized spacial score (nSPS) is 11.3. The molecule has 1 heterocycles. The van der Waals surface area contributed by atoms with Crippen molar-refractivity contribution in [3.8, 4) is 0 Å². The van der Waals surface area contributed by atoms with Crippen molar-refractivity contribution in [1.29, 1.82) is 0 Å². The molecule has 13 heavy (non-hydrogen) atoms. The summed E-state index contributed by atoms with van der Waals surface area (Å²) in [5, 5.41) is 12.7. The first kappa shape index (κ1) is 9.70. The van der Waals surface area contributed by atoms with E-state index in [0.717, 1.165) is 5.69 Å². The predicted octanol–water partition coefficient (Wildman–Crippen LogP) is 0.467. The summed E-state index contributed by atoms with van der Waals surface area (Å²) in [5.41, 5.74) is 0.376. The van der Waals surface area contributed by atoms with E-state index in [-0.39, 0.29) is 11.3 Å². The quantitative estimate of drug-likeness (QED) is 0.698. The summed E-state index contributed by atoms with van der Waals surface area (Å²) in [4.78, 5) is 11.4. The number of hydrogen-bond donors (Lipinski definition) is 2. The van der Waals surface area contributed by atoms with Crippen molar-refractivity contribution in [1.82, 2.24) is 20.7 Å². The standard InChI is InChI=1S/C8H14N4O/c1-8(2,3)7(13)9-4-6-5-10-12-11-6/h5H,4H2,1-3H3,(H,9,13)(H,10,11,12). The summed E-state index contributed by atoms with van der Waals surface area (Å²) < 4.78 is 0. The van der Waals surface area contributed by atoms with Gasteiger partial charge >= 0.3 is 0 Å². The van der Waals surface area contributed by atoms with E-state index in [1.54, 1.807) is 6.20 Å². The molecule has 0 spiro atoms. The summed E-state index contributed by atoms with van der Waals surface area (Å²) in [7, 11) is 0. The van der Waals surface area contributed by atoms with Crippen molar-refractivity contribution in [2.24, 2.45) is 5.41 Å². The van der Waals surface area contributed by atoms with Crippen LogP contribution in [0, 0.1) is 5.41 Å². The van der Waals surface area contributed by atoms with Crippen molar-refractivity contribution in [3.05, 3.63) is 11.9 Å². The summed E-state index contributed by atoms with van der Waals surface area (Å²) in [6.07, 6.45) is 1.59. The second-order valence-corrected chi connectivity index (χ2v) is 3.89. The van der Waals surface area contributed by atoms with Crippen LogP contribution in [-0.2, 0) is 11.3 Å². The molecule has 1 aromatic heterocycles. The van der Waals surface area contributed by atoms with Gasteiger partial charge < -0.3 is 5.32 Å². The molecule has 0 saturated heterocycles. The smallest absolute Gasteiger partial charge is 0.225 e. The highest BCUT2D eigenvalue weighted by Crippen LogP contribution is 2.12. The number of hydrogen-bond acceptors (Lipinski definition) is 3. The third-order valence-electron chi connectivity index (χ3n) is 1.58. The summed E-state index contributed by atoms with van der Waals surface area (Å²) in [6.45, 7) is 6.02. The molecule has 0 saturated carbocycles. The van der Waals surface area contributed by atoms with E-state index >= 15 is 0 Å². The van der Waals surface area contributed by atoms with Gasteiger partial charge in [-0.15, -0.1) is 0 Å². The molecular formula is C8H14N4O. The Bertz CT molecular complexity index is 273. The van der Waals surface area contributed by atoms with E-state index in [0.29, 0.717) is 6.54 Å². The lowest BCUT2D eigenvalue weighted by atomic mass is 9.96. The van der Waals surface area contributed by atoms with E-state index in [9.17, 15) is 4.79 Å². The van der Waals surface area contributed by atoms with Crippen molar-refractivity contribution in [2.45, 2.75) is 27.3 Å². The summed E-state index contributed by atoms with van der Waals surface area (Å²) in [5.74, 6) is 0.00972. The Balaban J connectivity index is 2.40. The highest BCUT2D eigenvalue weighted by Gasteiger charge is 2.20. The van der Waals surface area contributed by atoms with Gasteiger partial charge in [-0.05, 0) is 0 Å². The molecule has 0 aliphatic heterocycles. The van der Waals surface area contributed by atoms with E-state index in [1.165, 1.54) is 0 Å². The van der Waals surface area contributed by atoms with Crippen LogP contribution in [0.15, 0.2) is 6.20 Å². The maximum atomic E-state index is 11.4. The minimum atomic E-state index is -0.357. The molecule has 0 aliphatic rings. The summed E-state index contributed by atoms with van der Waals surface area (Å²) >= 11 is 0. The lowest BCUT2D eigenvalue weighted by Gasteiger charge is -2.16. The Morgan fingerprint density at radius 1 is 1.62 bits per heavy atom. The van der Waals surface area contributed by atoms with Gasteiger partial charge in [-0.25, -0.2) is 0 Å². The molecule has 0 radical (unpaired) electrons. The molecule has 2 N–H and O–H groups in total. The number of nitrogens with zero attached hydrogens (tertiary/aromatic N) is 2. The van der Waals surface area contributed by atoms with Gasteiger partial charge in [0.15, 0.2) is 0 Å². The van der Waals surface area contributed by atoms with Crippen LogP contribution < -0.4 is 5.32 Å². The Morgan fingerprint density at radius 3 is 2.77 bits per heavy atom. The Morgan fingerprint density at radius 2 is 2.31 bits per heavy atom. The monoisotopic (exact) mass is 182 g/mol. The van der Waals surface area contributed by atoms with Crippen LogP contribution in [0.3, 0.4) is 0 Å². The van der Waals surface area contributed by atoms with E-state index in [2.05, 4.69) is 20.7 Å². The van der Waals surface area contributed by atoms with Crippen molar-refractivity contribution >= 4 is 5.91 Å². The van der Waals surface area contributed by atoms with Gasteiger partial charge in [0, 0.05) is 5.41 Å². The zero-order chi connectivity index (χ0) is 9.90. The topological polar surface area (TPSA) is 70.7 Å². The third kappa shape index (κ3) is 2.85. The van der Waals surface area contributed by atoms with Crippen molar-refractivity contribution < 1.29 is 4.79 Å². The first-order chi connectivity index (χ1) is 6.00. The molecule has 5 heteroatoms. The van der Waals surface area contributed by atoms with Crippen LogP contribution >= 0.6 is 0 Å². The highest BCUT2D eigenvalue weighted by molar-refractivity contribution is 5.81. The Labute approximate surface area is 76.9 Å². The number of rotatable bonds is 2. The fourth-order valence-corrected chi connectivity index (χ4v) is 0.747. The molecule has 72 valence electrons. The molecule has 0 bridgehead atoms. The molecule has 0 unspecified atom stereocenters. The number of carbonyl (C=O) groups is 1. The average Bonchev–Trinajstić information content (AvgIpc) is 2.50. The van der Waals surface area contributed by atoms with Gasteiger partial charge in [0.1, 0.15) is 5.69 Å². The SMILES string of the molecule is CC(C)(C)C(=O)NCc1cn[nH]n1. The van der Waals surface area contributed by atoms with E-state index < -0.39 is 0 Å². The molecule has 0 aliphatic carbocycles. The number of H-pyrrole nitrogens is 1. The second-order valence-electron chi connectivity index (χ2n) is 3.89. The number of carbonyl (C=O) groups excluding carboxylic acids is 1. The largest absolute Gasteiger partial charge is 0.350 e. The fraction of sp³-hybridized carbons (Fsp3) is 0.625. The first-order valence-corrected chi connectivity index (χ1v) is 4.13. The highest BCUT2D eigenvalue weighted by atomic mass is 16.2. The molecule has 1 rings (SSSR count). The molecule has 0 fully saturated rings. The van der Waals surface area contributed by atoms with Gasteiger partial charge in [0.05, 0.1) is 12.7 Å². The fourth-order valence-electron chi connectivity index (χ4n) is 0.747. The van der Waals surface area contributed by atoms with Crippen LogP contribution in [0.4, 0.5) is 0 Å². The van der Waals surface area contributed by atoms with Gasteiger partial charge in [0.25, 0.3) is 0 Å². The molecule has 0 aromatic carbocycles. The van der Waals surface area contributed by atoms with Crippen LogP contribution in [0.2, 0.25) is 0 Å². The van der Waals surface area contributed by atoms with Crippen LogP contribution in [0.25, 0.3) is 0 Å². The minimum Gasteiger partial charge on any atom is -0.350 e. The molecule has 1 aromatic rings. The second kappa shape index (κ2) is 3.55. The van der Waals surface area contributed by atoms with Gasteiger partial charge in [-0.2, -0.15) is 15.4 Å². The average molecular weight is 182 g/mol. The van der Waals surface area contributed by atoms with Gasteiger partial charge in [0.2, 0.25) is 5.91 Å². The lowest BCUT2D eigenvalue weighted by molar-refractivity contribution is -0.128. The minimum absolute atomic E-state index is 0.00972. The zero-order valence-corrected chi connectivity index (χ0v) is 8.09. The summed E-state index contributed by atoms with van der Waals surface area (Å²) in [6, 6.07) is 0. The van der Waals surface area contributed by atoms with Crippen molar-refractivity contribution in [2.75, 3.05) is 0 Å². The molecule has 0 atom stereocenters. The Hall–Kier alpha value is -1.39. The number of amides is 1. The lowest BCUT2D eigenvalue weighted by Crippen LogP contribution is -2.34. The molecule has 1 amide bonds. The first-order valence-electron chi connectivity index (χ1n) is 4.13. The maximum Gasteiger partial charge on any atom is 0.225 e. The van der Waals surface area contributed by atoms with E-state index in [4.69, 9.17) is 0 Å². The van der Waals surface area contributed by atoms with Crippen LogP contribution in [-0.4, -0.2) is 21.3 Å². The number of aromatic nitrogens is 3. The number of aromatic amines is 1. The van der Waals surface area contributed by atoms with Crippen LogP contribution in [0.1, 0.15) is 26.5 Å². The zero-order valence-electron chi connectivity index (χ0n) is 8.09. The van der Waals surface area contributed by atoms with Crippen LogP contribution in [0.5, 0.6) is 0 Å². The predicted molar refractivity (Wildman–Crippen MR) is 47.7 cm³/mol. The molecule has 5 nitrogen and oxygen atoms in total. The number of nitrogens with one attached hydrogen (secondary N) is 2. The third-order valence-corrected chi connectivity index (χ3v) is 1.58. The Kier molecular flexibility index (Phi) is 2.65. The van der Waals surface area contributed by atoms with Gasteiger partial charge in [-0.1, -0.05) is 20.8 Å². The maximum absolute atomic E-state index is 11.4. The van der Waals surface area contributed by atoms with E-state index in [1.807, 2.05) is 20.8 Å². The van der Waals surface area contributed by atoms with Gasteiger partial charge in [-0.3, -0.25) is 4.79 Å². The molecular weight excluding hydrogens is 168 g/mol.